The Hall–Kier alpha value is -2.11. The van der Waals surface area contributed by atoms with E-state index in [0.29, 0.717) is 12.4 Å². The number of esters is 1. The number of carbonyl (C=O) groups excluding carboxylic acids is 1. The summed E-state index contributed by atoms with van der Waals surface area (Å²) in [6, 6.07) is 3.19. The number of nitrogens with zero attached hydrogens (tertiary/aromatic N) is 2. The van der Waals surface area contributed by atoms with Crippen LogP contribution in [0, 0.1) is 0 Å². The number of aromatic nitrogens is 1. The molecule has 18 heavy (non-hydrogen) atoms. The van der Waals surface area contributed by atoms with E-state index in [1.807, 2.05) is 0 Å². The molecule has 0 atom stereocenters. The van der Waals surface area contributed by atoms with Crippen molar-refractivity contribution in [3.8, 4) is 0 Å². The molecule has 0 saturated carbocycles. The van der Waals surface area contributed by atoms with Gasteiger partial charge in [-0.05, 0) is 26.0 Å². The van der Waals surface area contributed by atoms with Gasteiger partial charge in [0.2, 0.25) is 0 Å². The van der Waals surface area contributed by atoms with Gasteiger partial charge in [-0.15, -0.1) is 0 Å². The molecule has 1 N–H and O–H groups in total. The van der Waals surface area contributed by atoms with Crippen LogP contribution in [0.15, 0.2) is 18.3 Å². The summed E-state index contributed by atoms with van der Waals surface area (Å²) in [5, 5.41) is 8.82. The van der Waals surface area contributed by atoms with Gasteiger partial charge in [0.1, 0.15) is 17.9 Å². The van der Waals surface area contributed by atoms with E-state index in [2.05, 4.69) is 4.98 Å². The largest absolute Gasteiger partial charge is 0.480 e. The minimum Gasteiger partial charge on any atom is -0.480 e. The maximum atomic E-state index is 11.7. The molecule has 1 rings (SSSR count). The van der Waals surface area contributed by atoms with Crippen molar-refractivity contribution in [1.82, 2.24) is 4.98 Å². The van der Waals surface area contributed by atoms with Gasteiger partial charge in [0, 0.05) is 12.7 Å². The van der Waals surface area contributed by atoms with Gasteiger partial charge in [0.05, 0.1) is 6.61 Å². The number of hydrogen-bond donors (Lipinski definition) is 1. The van der Waals surface area contributed by atoms with Gasteiger partial charge in [-0.25, -0.2) is 9.78 Å². The molecule has 0 aromatic carbocycles. The number of aliphatic carboxylic acids is 1. The Morgan fingerprint density at radius 1 is 1.44 bits per heavy atom. The third kappa shape index (κ3) is 3.44. The summed E-state index contributed by atoms with van der Waals surface area (Å²) in [4.78, 5) is 28.1. The van der Waals surface area contributed by atoms with Gasteiger partial charge in [-0.2, -0.15) is 0 Å². The Morgan fingerprint density at radius 3 is 2.72 bits per heavy atom. The fourth-order valence-electron chi connectivity index (χ4n) is 1.52. The third-order valence-corrected chi connectivity index (χ3v) is 2.29. The quantitative estimate of drug-likeness (QED) is 0.765. The Morgan fingerprint density at radius 2 is 2.17 bits per heavy atom. The van der Waals surface area contributed by atoms with Gasteiger partial charge in [0.25, 0.3) is 0 Å². The van der Waals surface area contributed by atoms with Crippen LogP contribution in [0.4, 0.5) is 5.82 Å². The molecule has 1 heterocycles. The predicted octanol–water partition coefficient (Wildman–Crippen LogP) is 1.17. The lowest BCUT2D eigenvalue weighted by Crippen LogP contribution is -2.31. The van der Waals surface area contributed by atoms with Crippen molar-refractivity contribution in [2.75, 3.05) is 24.6 Å². The van der Waals surface area contributed by atoms with Crippen LogP contribution in [0.2, 0.25) is 0 Å². The molecule has 0 bridgehead atoms. The Balaban J connectivity index is 3.06. The van der Waals surface area contributed by atoms with E-state index in [-0.39, 0.29) is 18.7 Å². The maximum absolute atomic E-state index is 11.7. The predicted molar refractivity (Wildman–Crippen MR) is 65.7 cm³/mol. The van der Waals surface area contributed by atoms with Crippen molar-refractivity contribution in [3.63, 3.8) is 0 Å². The number of anilines is 1. The molecule has 98 valence electrons. The first kappa shape index (κ1) is 14.0. The van der Waals surface area contributed by atoms with Gasteiger partial charge in [-0.1, -0.05) is 0 Å². The van der Waals surface area contributed by atoms with E-state index < -0.39 is 11.9 Å². The van der Waals surface area contributed by atoms with Crippen molar-refractivity contribution in [3.05, 3.63) is 23.9 Å². The summed E-state index contributed by atoms with van der Waals surface area (Å²) in [6.45, 7) is 4.00. The average molecular weight is 252 g/mol. The highest BCUT2D eigenvalue weighted by Gasteiger charge is 2.19. The average Bonchev–Trinajstić information content (AvgIpc) is 2.36. The molecule has 0 aliphatic rings. The second kappa shape index (κ2) is 6.58. The molecule has 0 aliphatic heterocycles. The molecule has 6 heteroatoms. The lowest BCUT2D eigenvalue weighted by atomic mass is 10.2. The number of likely N-dealkylation sites (N-methyl/N-ethyl adjacent to an activating group) is 1. The second-order valence-electron chi connectivity index (χ2n) is 3.50. The topological polar surface area (TPSA) is 79.7 Å². The van der Waals surface area contributed by atoms with Crippen LogP contribution in [0.25, 0.3) is 0 Å². The third-order valence-electron chi connectivity index (χ3n) is 2.29. The molecule has 0 radical (unpaired) electrons. The number of rotatable bonds is 6. The number of hydrogen-bond acceptors (Lipinski definition) is 5. The number of carboxylic acids is 1. The smallest absolute Gasteiger partial charge is 0.341 e. The summed E-state index contributed by atoms with van der Waals surface area (Å²) in [5.74, 6) is -1.14. The fraction of sp³-hybridized carbons (Fsp3) is 0.417. The van der Waals surface area contributed by atoms with E-state index in [4.69, 9.17) is 9.84 Å². The molecular formula is C12H16N2O4. The first-order valence-corrected chi connectivity index (χ1v) is 5.69. The first-order chi connectivity index (χ1) is 8.60. The Bertz CT molecular complexity index is 434. The van der Waals surface area contributed by atoms with Crippen molar-refractivity contribution in [2.24, 2.45) is 0 Å². The lowest BCUT2D eigenvalue weighted by Gasteiger charge is -2.21. The maximum Gasteiger partial charge on any atom is 0.341 e. The lowest BCUT2D eigenvalue weighted by molar-refractivity contribution is -0.135. The van der Waals surface area contributed by atoms with Crippen molar-refractivity contribution >= 4 is 17.8 Å². The normalized spacial score (nSPS) is 9.89. The highest BCUT2D eigenvalue weighted by molar-refractivity contribution is 5.95. The van der Waals surface area contributed by atoms with E-state index >= 15 is 0 Å². The number of pyridine rings is 1. The molecule has 1 aromatic heterocycles. The van der Waals surface area contributed by atoms with Gasteiger partial charge in [-0.3, -0.25) is 4.79 Å². The molecule has 0 amide bonds. The van der Waals surface area contributed by atoms with Crippen LogP contribution >= 0.6 is 0 Å². The van der Waals surface area contributed by atoms with Crippen molar-refractivity contribution in [2.45, 2.75) is 13.8 Å². The number of carboxylic acid groups (broad SMARTS) is 1. The summed E-state index contributed by atoms with van der Waals surface area (Å²) in [5.41, 5.74) is 0.280. The van der Waals surface area contributed by atoms with E-state index in [9.17, 15) is 9.59 Å². The highest BCUT2D eigenvalue weighted by Crippen LogP contribution is 2.17. The molecular weight excluding hydrogens is 236 g/mol. The van der Waals surface area contributed by atoms with Gasteiger partial charge < -0.3 is 14.7 Å². The SMILES string of the molecule is CCOC(=O)c1cccnc1N(CC)CC(=O)O. The Labute approximate surface area is 105 Å². The minimum absolute atomic E-state index is 0.208. The standard InChI is InChI=1S/C12H16N2O4/c1-3-14(8-10(15)16)11-9(6-5-7-13-11)12(17)18-4-2/h5-7H,3-4,8H2,1-2H3,(H,15,16). The zero-order valence-electron chi connectivity index (χ0n) is 10.4. The van der Waals surface area contributed by atoms with E-state index in [0.717, 1.165) is 0 Å². The summed E-state index contributed by atoms with van der Waals surface area (Å²) in [6.07, 6.45) is 1.52. The van der Waals surface area contributed by atoms with E-state index in [1.165, 1.54) is 11.1 Å². The van der Waals surface area contributed by atoms with Crippen LogP contribution in [0.3, 0.4) is 0 Å². The first-order valence-electron chi connectivity index (χ1n) is 5.69. The molecule has 0 unspecified atom stereocenters. The van der Waals surface area contributed by atoms with Crippen LogP contribution < -0.4 is 4.90 Å². The van der Waals surface area contributed by atoms with Crippen LogP contribution in [-0.2, 0) is 9.53 Å². The fourth-order valence-corrected chi connectivity index (χ4v) is 1.52. The highest BCUT2D eigenvalue weighted by atomic mass is 16.5. The van der Waals surface area contributed by atoms with Crippen molar-refractivity contribution < 1.29 is 19.4 Å². The van der Waals surface area contributed by atoms with Crippen LogP contribution in [0.5, 0.6) is 0 Å². The van der Waals surface area contributed by atoms with E-state index in [1.54, 1.807) is 26.0 Å². The molecule has 0 aliphatic carbocycles. The van der Waals surface area contributed by atoms with Gasteiger partial charge >= 0.3 is 11.9 Å². The summed E-state index contributed by atoms with van der Waals surface area (Å²) >= 11 is 0. The molecule has 0 spiro atoms. The molecule has 6 nitrogen and oxygen atoms in total. The number of ether oxygens (including phenoxy) is 1. The summed E-state index contributed by atoms with van der Waals surface area (Å²) in [7, 11) is 0. The molecule has 0 saturated heterocycles. The zero-order chi connectivity index (χ0) is 13.5. The van der Waals surface area contributed by atoms with Crippen LogP contribution in [0.1, 0.15) is 24.2 Å². The van der Waals surface area contributed by atoms with Crippen LogP contribution in [-0.4, -0.2) is 41.7 Å². The minimum atomic E-state index is -0.975. The zero-order valence-corrected chi connectivity index (χ0v) is 10.4. The Kier molecular flexibility index (Phi) is 5.10. The monoisotopic (exact) mass is 252 g/mol. The van der Waals surface area contributed by atoms with Gasteiger partial charge in [0.15, 0.2) is 0 Å². The van der Waals surface area contributed by atoms with Crippen molar-refractivity contribution in [1.29, 1.82) is 0 Å². The number of carbonyl (C=O) groups is 2. The summed E-state index contributed by atoms with van der Waals surface area (Å²) < 4.78 is 4.92. The molecule has 1 aromatic rings. The second-order valence-corrected chi connectivity index (χ2v) is 3.50. The molecule has 0 fully saturated rings.